The van der Waals surface area contributed by atoms with E-state index in [9.17, 15) is 20.2 Å². The maximum absolute atomic E-state index is 11.0. The van der Waals surface area contributed by atoms with Crippen molar-refractivity contribution in [3.63, 3.8) is 0 Å². The topological polar surface area (TPSA) is 128 Å². The molecule has 0 spiro atoms. The summed E-state index contributed by atoms with van der Waals surface area (Å²) in [5.74, 6) is -0.960. The number of anilines is 1. The van der Waals surface area contributed by atoms with Gasteiger partial charge in [0.2, 0.25) is 0 Å². The number of hydrogen-bond acceptors (Lipinski definition) is 7. The van der Waals surface area contributed by atoms with Crippen molar-refractivity contribution in [3.8, 4) is 0 Å². The third kappa shape index (κ3) is 3.23. The van der Waals surface area contributed by atoms with Crippen molar-refractivity contribution in [2.45, 2.75) is 6.42 Å². The van der Waals surface area contributed by atoms with Crippen LogP contribution in [0.25, 0.3) is 0 Å². The lowest BCUT2D eigenvalue weighted by Gasteiger charge is -1.98. The van der Waals surface area contributed by atoms with E-state index < -0.39 is 21.5 Å². The molecule has 10 nitrogen and oxygen atoms in total. The van der Waals surface area contributed by atoms with Gasteiger partial charge in [0.05, 0.1) is 5.69 Å². The maximum Gasteiger partial charge on any atom is 0.423 e. The Hall–Kier alpha value is -3.30. The van der Waals surface area contributed by atoms with Gasteiger partial charge < -0.3 is 20.2 Å². The zero-order valence-electron chi connectivity index (χ0n) is 11.5. The number of para-hydroxylation sites is 1. The zero-order valence-corrected chi connectivity index (χ0v) is 11.5. The molecule has 0 atom stereocenters. The number of aromatic nitrogens is 2. The molecular formula is C12H12N6O4. The first-order valence-corrected chi connectivity index (χ1v) is 6.18. The van der Waals surface area contributed by atoms with Gasteiger partial charge in [-0.05, 0) is 26.7 Å². The van der Waals surface area contributed by atoms with E-state index in [1.165, 1.54) is 13.3 Å². The monoisotopic (exact) mass is 304 g/mol. The van der Waals surface area contributed by atoms with Crippen LogP contribution in [0.1, 0.15) is 5.56 Å². The predicted octanol–water partition coefficient (Wildman–Crippen LogP) is 1.88. The number of nitrogens with zero attached hydrogens (tertiary/aromatic N) is 5. The average Bonchev–Trinajstić information content (AvgIpc) is 2.82. The second kappa shape index (κ2) is 6.43. The summed E-state index contributed by atoms with van der Waals surface area (Å²) in [5.41, 5.74) is 3.37. The summed E-state index contributed by atoms with van der Waals surface area (Å²) >= 11 is 0. The molecule has 1 aromatic carbocycles. The van der Waals surface area contributed by atoms with E-state index in [1.807, 2.05) is 18.2 Å². The number of nitrogens with one attached hydrogen (secondary N) is 1. The smallest absolute Gasteiger partial charge is 0.358 e. The van der Waals surface area contributed by atoms with Crippen LogP contribution in [0, 0.1) is 20.2 Å². The number of aryl methyl sites for hydroxylation is 1. The minimum atomic E-state index is -0.749. The molecule has 2 rings (SSSR count). The van der Waals surface area contributed by atoms with E-state index in [2.05, 4.69) is 15.6 Å². The predicted molar refractivity (Wildman–Crippen MR) is 78.8 cm³/mol. The summed E-state index contributed by atoms with van der Waals surface area (Å²) < 4.78 is 0.881. The molecule has 0 unspecified atom stereocenters. The fraction of sp³-hybridized carbons (Fsp3) is 0.167. The fourth-order valence-electron chi connectivity index (χ4n) is 1.87. The molecule has 22 heavy (non-hydrogen) atoms. The van der Waals surface area contributed by atoms with Crippen LogP contribution in [-0.4, -0.2) is 25.8 Å². The van der Waals surface area contributed by atoms with Gasteiger partial charge in [-0.3, -0.25) is 5.43 Å². The molecule has 0 aliphatic carbocycles. The van der Waals surface area contributed by atoms with Crippen molar-refractivity contribution in [3.05, 3.63) is 56.1 Å². The van der Waals surface area contributed by atoms with E-state index in [0.717, 1.165) is 10.4 Å². The minimum Gasteiger partial charge on any atom is -0.358 e. The van der Waals surface area contributed by atoms with Crippen molar-refractivity contribution < 1.29 is 9.85 Å². The third-order valence-corrected chi connectivity index (χ3v) is 2.79. The number of hydrogen-bond donors (Lipinski definition) is 1. The van der Waals surface area contributed by atoms with Gasteiger partial charge in [-0.15, -0.1) is 0 Å². The number of benzene rings is 1. The molecule has 1 aromatic heterocycles. The van der Waals surface area contributed by atoms with Crippen molar-refractivity contribution in [1.82, 2.24) is 9.78 Å². The van der Waals surface area contributed by atoms with Crippen molar-refractivity contribution in [1.29, 1.82) is 0 Å². The average molecular weight is 304 g/mol. The third-order valence-electron chi connectivity index (χ3n) is 2.79. The first-order valence-electron chi connectivity index (χ1n) is 6.18. The van der Waals surface area contributed by atoms with E-state index in [4.69, 9.17) is 0 Å². The second-order valence-corrected chi connectivity index (χ2v) is 4.26. The molecule has 114 valence electrons. The lowest BCUT2D eigenvalue weighted by atomic mass is 10.2. The minimum absolute atomic E-state index is 0.0830. The van der Waals surface area contributed by atoms with Gasteiger partial charge in [0.25, 0.3) is 0 Å². The van der Waals surface area contributed by atoms with Crippen LogP contribution < -0.4 is 5.43 Å². The number of rotatable bonds is 6. The van der Waals surface area contributed by atoms with E-state index in [0.29, 0.717) is 0 Å². The molecule has 0 aliphatic rings. The Balaban J connectivity index is 2.18. The van der Waals surface area contributed by atoms with Crippen LogP contribution in [0.3, 0.4) is 0 Å². The van der Waals surface area contributed by atoms with Crippen LogP contribution in [0.5, 0.6) is 0 Å². The van der Waals surface area contributed by atoms with Crippen LogP contribution in [0.2, 0.25) is 0 Å². The lowest BCUT2D eigenvalue weighted by Crippen LogP contribution is -2.01. The Bertz CT molecular complexity index is 725. The van der Waals surface area contributed by atoms with Gasteiger partial charge in [-0.25, -0.2) is 0 Å². The molecule has 0 aliphatic heterocycles. The normalized spacial score (nSPS) is 10.8. The van der Waals surface area contributed by atoms with E-state index in [-0.39, 0.29) is 12.0 Å². The molecule has 10 heteroatoms. The zero-order chi connectivity index (χ0) is 16.1. The molecule has 0 saturated carbocycles. The summed E-state index contributed by atoms with van der Waals surface area (Å²) in [6.07, 6.45) is 1.24. The molecule has 0 amide bonds. The molecule has 2 aromatic rings. The van der Waals surface area contributed by atoms with E-state index >= 15 is 0 Å². The summed E-state index contributed by atoms with van der Waals surface area (Å²) in [6.45, 7) is 0. The Morgan fingerprint density at radius 2 is 1.95 bits per heavy atom. The first kappa shape index (κ1) is 15.1. The fourth-order valence-corrected chi connectivity index (χ4v) is 1.87. The van der Waals surface area contributed by atoms with Crippen LogP contribution >= 0.6 is 0 Å². The van der Waals surface area contributed by atoms with Gasteiger partial charge in [-0.1, -0.05) is 18.2 Å². The Kier molecular flexibility index (Phi) is 4.41. The highest BCUT2D eigenvalue weighted by Gasteiger charge is 2.33. The van der Waals surface area contributed by atoms with Crippen molar-refractivity contribution in [2.75, 3.05) is 5.43 Å². The SMILES string of the molecule is Cn1nc([N+](=O)[O-])c(CC=NNc2ccccc2)c1[N+](=O)[O-]. The lowest BCUT2D eigenvalue weighted by molar-refractivity contribution is -0.396. The highest BCUT2D eigenvalue weighted by atomic mass is 16.6. The highest BCUT2D eigenvalue weighted by molar-refractivity contribution is 5.67. The van der Waals surface area contributed by atoms with E-state index in [1.54, 1.807) is 12.1 Å². The van der Waals surface area contributed by atoms with Gasteiger partial charge in [0.15, 0.2) is 5.56 Å². The van der Waals surface area contributed by atoms with Crippen LogP contribution in [-0.2, 0) is 13.5 Å². The summed E-state index contributed by atoms with van der Waals surface area (Å²) in [6, 6.07) is 9.04. The standard InChI is InChI=1S/C12H12N6O4/c1-16-12(18(21)22)10(11(15-16)17(19)20)7-8-13-14-9-5-3-2-4-6-9/h2-6,8,14H,7H2,1H3. The second-order valence-electron chi connectivity index (χ2n) is 4.26. The Labute approximate surface area is 124 Å². The molecule has 0 saturated heterocycles. The molecule has 0 radical (unpaired) electrons. The summed E-state index contributed by atoms with van der Waals surface area (Å²) in [7, 11) is 1.29. The summed E-state index contributed by atoms with van der Waals surface area (Å²) in [5, 5.41) is 29.4. The molecule has 0 bridgehead atoms. The Morgan fingerprint density at radius 1 is 1.27 bits per heavy atom. The Morgan fingerprint density at radius 3 is 2.55 bits per heavy atom. The quantitative estimate of drug-likeness (QED) is 0.493. The van der Waals surface area contributed by atoms with Gasteiger partial charge in [0.1, 0.15) is 12.1 Å². The maximum atomic E-state index is 11.0. The van der Waals surface area contributed by atoms with Crippen LogP contribution in [0.4, 0.5) is 17.3 Å². The molecule has 0 fully saturated rings. The molecule has 1 heterocycles. The number of hydrazone groups is 1. The van der Waals surface area contributed by atoms with Gasteiger partial charge in [0, 0.05) is 12.6 Å². The van der Waals surface area contributed by atoms with Crippen LogP contribution in [0.15, 0.2) is 35.4 Å². The highest BCUT2D eigenvalue weighted by Crippen LogP contribution is 2.27. The van der Waals surface area contributed by atoms with Gasteiger partial charge >= 0.3 is 11.6 Å². The number of nitro groups is 2. The van der Waals surface area contributed by atoms with Crippen molar-refractivity contribution >= 4 is 23.5 Å². The largest absolute Gasteiger partial charge is 0.423 e. The van der Waals surface area contributed by atoms with Crippen molar-refractivity contribution in [2.24, 2.45) is 12.1 Å². The molecular weight excluding hydrogens is 292 g/mol. The van der Waals surface area contributed by atoms with Gasteiger partial charge in [-0.2, -0.15) is 5.10 Å². The molecule has 1 N–H and O–H groups in total. The summed E-state index contributed by atoms with van der Waals surface area (Å²) in [4.78, 5) is 20.5. The first-order chi connectivity index (χ1) is 10.5.